The Hall–Kier alpha value is -2.73. The molecular formula is C28H31F3N2O3. The van der Waals surface area contributed by atoms with Crippen LogP contribution in [0.5, 0.6) is 0 Å². The van der Waals surface area contributed by atoms with Crippen LogP contribution in [0.25, 0.3) is 5.57 Å². The van der Waals surface area contributed by atoms with Crippen molar-refractivity contribution < 1.29 is 28.1 Å². The zero-order valence-electron chi connectivity index (χ0n) is 20.9. The molecule has 1 aliphatic heterocycles. The van der Waals surface area contributed by atoms with E-state index in [1.807, 2.05) is 19.9 Å². The zero-order chi connectivity index (χ0) is 26.4. The SMILES string of the molecule is CC(C)c1nc2c(c(C3=CCOCC3)c1[C@@H](O)c1ccc(C(F)(F)F)c(C#N)c1)C(O)CC(C)(C)C2. The Morgan fingerprint density at radius 1 is 1.25 bits per heavy atom. The largest absolute Gasteiger partial charge is 0.417 e. The van der Waals surface area contributed by atoms with Crippen LogP contribution in [0.2, 0.25) is 0 Å². The first kappa shape index (κ1) is 26.3. The fourth-order valence-electron chi connectivity index (χ4n) is 5.38. The topological polar surface area (TPSA) is 86.4 Å². The molecule has 192 valence electrons. The smallest absolute Gasteiger partial charge is 0.388 e. The van der Waals surface area contributed by atoms with Crippen LogP contribution in [0.4, 0.5) is 13.2 Å². The molecule has 1 aromatic heterocycles. The van der Waals surface area contributed by atoms with Crippen molar-refractivity contribution in [2.45, 2.75) is 71.3 Å². The number of aliphatic hydroxyl groups excluding tert-OH is 2. The summed E-state index contributed by atoms with van der Waals surface area (Å²) >= 11 is 0. The van der Waals surface area contributed by atoms with Crippen LogP contribution in [-0.4, -0.2) is 28.4 Å². The Bertz CT molecular complexity index is 1240. The molecule has 2 aliphatic rings. The highest BCUT2D eigenvalue weighted by Crippen LogP contribution is 2.48. The molecule has 1 unspecified atom stereocenters. The van der Waals surface area contributed by atoms with E-state index < -0.39 is 29.5 Å². The van der Waals surface area contributed by atoms with Gasteiger partial charge in [-0.15, -0.1) is 0 Å². The third-order valence-corrected chi connectivity index (χ3v) is 7.00. The molecule has 0 saturated carbocycles. The molecule has 0 amide bonds. The number of benzene rings is 1. The summed E-state index contributed by atoms with van der Waals surface area (Å²) in [6.07, 6.45) is -3.14. The Labute approximate surface area is 209 Å². The maximum absolute atomic E-state index is 13.4. The van der Waals surface area contributed by atoms with Gasteiger partial charge in [0, 0.05) is 22.5 Å². The molecule has 0 spiro atoms. The molecule has 4 rings (SSSR count). The Balaban J connectivity index is 2.00. The second-order valence-electron chi connectivity index (χ2n) is 10.7. The number of rotatable bonds is 4. The molecule has 2 atom stereocenters. The van der Waals surface area contributed by atoms with Gasteiger partial charge in [0.05, 0.1) is 36.5 Å². The van der Waals surface area contributed by atoms with Crippen LogP contribution in [-0.2, 0) is 17.3 Å². The van der Waals surface area contributed by atoms with Crippen molar-refractivity contribution in [2.75, 3.05) is 13.2 Å². The molecule has 2 heterocycles. The Morgan fingerprint density at radius 3 is 2.56 bits per heavy atom. The van der Waals surface area contributed by atoms with E-state index in [9.17, 15) is 28.6 Å². The van der Waals surface area contributed by atoms with Gasteiger partial charge in [-0.2, -0.15) is 18.4 Å². The van der Waals surface area contributed by atoms with E-state index in [0.717, 1.165) is 23.4 Å². The van der Waals surface area contributed by atoms with Gasteiger partial charge in [0.15, 0.2) is 0 Å². The van der Waals surface area contributed by atoms with Crippen molar-refractivity contribution in [3.8, 4) is 6.07 Å². The fraction of sp³-hybridized carbons (Fsp3) is 0.500. The number of hydrogen-bond donors (Lipinski definition) is 2. The second kappa shape index (κ2) is 9.62. The van der Waals surface area contributed by atoms with Crippen LogP contribution in [0.15, 0.2) is 24.3 Å². The molecule has 0 fully saturated rings. The van der Waals surface area contributed by atoms with E-state index in [0.29, 0.717) is 54.9 Å². The average molecular weight is 501 g/mol. The van der Waals surface area contributed by atoms with Crippen LogP contribution in [0, 0.1) is 16.7 Å². The number of nitrogens with zero attached hydrogens (tertiary/aromatic N) is 2. The van der Waals surface area contributed by atoms with Gasteiger partial charge in [-0.3, -0.25) is 4.98 Å². The second-order valence-corrected chi connectivity index (χ2v) is 10.7. The van der Waals surface area contributed by atoms with Crippen molar-refractivity contribution in [1.82, 2.24) is 4.98 Å². The Morgan fingerprint density at radius 2 is 1.97 bits per heavy atom. The predicted octanol–water partition coefficient (Wildman–Crippen LogP) is 5.99. The van der Waals surface area contributed by atoms with Crippen molar-refractivity contribution in [2.24, 2.45) is 5.41 Å². The molecular weight excluding hydrogens is 469 g/mol. The van der Waals surface area contributed by atoms with Gasteiger partial charge >= 0.3 is 6.18 Å². The molecule has 0 bridgehead atoms. The van der Waals surface area contributed by atoms with E-state index in [1.54, 1.807) is 6.07 Å². The number of aliphatic hydroxyl groups is 2. The minimum absolute atomic E-state index is 0.105. The number of alkyl halides is 3. The number of nitriles is 1. The Kier molecular flexibility index (Phi) is 7.04. The zero-order valence-corrected chi connectivity index (χ0v) is 20.9. The lowest BCUT2D eigenvalue weighted by atomic mass is 9.71. The minimum atomic E-state index is -4.68. The van der Waals surface area contributed by atoms with Crippen LogP contribution in [0.3, 0.4) is 0 Å². The van der Waals surface area contributed by atoms with E-state index >= 15 is 0 Å². The number of pyridine rings is 1. The normalized spacial score (nSPS) is 20.5. The summed E-state index contributed by atoms with van der Waals surface area (Å²) in [7, 11) is 0. The molecule has 0 radical (unpaired) electrons. The van der Waals surface area contributed by atoms with Crippen LogP contribution >= 0.6 is 0 Å². The van der Waals surface area contributed by atoms with Gasteiger partial charge in [0.1, 0.15) is 6.10 Å². The molecule has 8 heteroatoms. The molecule has 2 N–H and O–H groups in total. The maximum atomic E-state index is 13.4. The molecule has 0 saturated heterocycles. The summed E-state index contributed by atoms with van der Waals surface area (Å²) in [6.45, 7) is 8.93. The van der Waals surface area contributed by atoms with Gasteiger partial charge in [-0.05, 0) is 59.4 Å². The van der Waals surface area contributed by atoms with E-state index in [2.05, 4.69) is 13.8 Å². The first-order chi connectivity index (χ1) is 16.8. The third-order valence-electron chi connectivity index (χ3n) is 7.00. The quantitative estimate of drug-likeness (QED) is 0.539. The van der Waals surface area contributed by atoms with Gasteiger partial charge < -0.3 is 14.9 Å². The lowest BCUT2D eigenvalue weighted by molar-refractivity contribution is -0.137. The van der Waals surface area contributed by atoms with Gasteiger partial charge in [0.2, 0.25) is 0 Å². The number of hydrogen-bond acceptors (Lipinski definition) is 5. The summed E-state index contributed by atoms with van der Waals surface area (Å²) in [5.41, 5.74) is 2.60. The van der Waals surface area contributed by atoms with E-state index in [-0.39, 0.29) is 16.9 Å². The molecule has 1 aliphatic carbocycles. The van der Waals surface area contributed by atoms with Gasteiger partial charge in [-0.25, -0.2) is 0 Å². The third kappa shape index (κ3) is 4.93. The lowest BCUT2D eigenvalue weighted by Crippen LogP contribution is -2.30. The summed E-state index contributed by atoms with van der Waals surface area (Å²) in [5, 5.41) is 32.3. The fourth-order valence-corrected chi connectivity index (χ4v) is 5.38. The number of halogens is 3. The first-order valence-electron chi connectivity index (χ1n) is 12.1. The van der Waals surface area contributed by atoms with Crippen molar-refractivity contribution in [3.63, 3.8) is 0 Å². The first-order valence-corrected chi connectivity index (χ1v) is 12.1. The van der Waals surface area contributed by atoms with Crippen molar-refractivity contribution >= 4 is 5.57 Å². The standard InChI is InChI=1S/C28H31F3N2O3/c1-15(2)25-24(26(35)17-5-6-19(28(29,30)31)18(11-17)14-32)22(16-7-9-36-10-8-16)23-20(33-25)12-27(3,4)13-21(23)34/h5-7,11,15,21,26,34-35H,8-10,12-13H2,1-4H3/t21?,26-/m0/s1. The van der Waals surface area contributed by atoms with Gasteiger partial charge in [0.25, 0.3) is 0 Å². The maximum Gasteiger partial charge on any atom is 0.417 e. The van der Waals surface area contributed by atoms with Crippen molar-refractivity contribution in [3.05, 3.63) is 69.0 Å². The number of fused-ring (bicyclic) bond motifs is 1. The lowest BCUT2D eigenvalue weighted by Gasteiger charge is -2.38. The predicted molar refractivity (Wildman–Crippen MR) is 129 cm³/mol. The summed E-state index contributed by atoms with van der Waals surface area (Å²) in [4.78, 5) is 4.94. The highest BCUT2D eigenvalue weighted by atomic mass is 19.4. The summed E-state index contributed by atoms with van der Waals surface area (Å²) in [6, 6.07) is 4.76. The molecule has 1 aromatic carbocycles. The molecule has 36 heavy (non-hydrogen) atoms. The average Bonchev–Trinajstić information content (AvgIpc) is 2.81. The summed E-state index contributed by atoms with van der Waals surface area (Å²) < 4.78 is 45.7. The molecule has 5 nitrogen and oxygen atoms in total. The number of aromatic nitrogens is 1. The highest BCUT2D eigenvalue weighted by molar-refractivity contribution is 5.75. The van der Waals surface area contributed by atoms with Crippen LogP contribution < -0.4 is 0 Å². The number of ether oxygens (including phenoxy) is 1. The monoisotopic (exact) mass is 500 g/mol. The highest BCUT2D eigenvalue weighted by Gasteiger charge is 2.39. The van der Waals surface area contributed by atoms with Crippen LogP contribution in [0.1, 0.15) is 103 Å². The minimum Gasteiger partial charge on any atom is -0.388 e. The van der Waals surface area contributed by atoms with E-state index in [4.69, 9.17) is 9.72 Å². The van der Waals surface area contributed by atoms with Gasteiger partial charge in [-0.1, -0.05) is 39.8 Å². The van der Waals surface area contributed by atoms with Crippen molar-refractivity contribution in [1.29, 1.82) is 5.26 Å². The van der Waals surface area contributed by atoms with E-state index in [1.165, 1.54) is 6.07 Å². The summed E-state index contributed by atoms with van der Waals surface area (Å²) in [5.74, 6) is -0.105. The molecule has 2 aromatic rings.